The molecule has 4 aromatic rings. The van der Waals surface area contributed by atoms with Crippen LogP contribution in [0.1, 0.15) is 33.6 Å². The summed E-state index contributed by atoms with van der Waals surface area (Å²) in [6.07, 6.45) is 3.34. The van der Waals surface area contributed by atoms with Crippen molar-refractivity contribution in [2.24, 2.45) is 0 Å². The van der Waals surface area contributed by atoms with Crippen molar-refractivity contribution in [1.82, 2.24) is 15.5 Å². The molecule has 0 fully saturated rings. The summed E-state index contributed by atoms with van der Waals surface area (Å²) in [5.74, 6) is -0.305. The van der Waals surface area contributed by atoms with Crippen LogP contribution in [0.3, 0.4) is 0 Å². The number of hydrogen-bond acceptors (Lipinski definition) is 4. The van der Waals surface area contributed by atoms with Gasteiger partial charge in [-0.05, 0) is 61.2 Å². The van der Waals surface area contributed by atoms with Gasteiger partial charge in [-0.2, -0.15) is 5.10 Å². The van der Waals surface area contributed by atoms with E-state index in [4.69, 9.17) is 0 Å². The quantitative estimate of drug-likeness (QED) is 0.322. The smallest absolute Gasteiger partial charge is 0.264 e. The van der Waals surface area contributed by atoms with Crippen LogP contribution >= 0.6 is 0 Å². The summed E-state index contributed by atoms with van der Waals surface area (Å²) in [5, 5.41) is 9.79. The zero-order valence-corrected chi connectivity index (χ0v) is 20.3. The number of benzene rings is 3. The Morgan fingerprint density at radius 1 is 0.971 bits per heavy atom. The summed E-state index contributed by atoms with van der Waals surface area (Å²) in [6.45, 7) is 2.62. The minimum absolute atomic E-state index is 0.0685. The summed E-state index contributed by atoms with van der Waals surface area (Å²) < 4.78 is 28.8. The summed E-state index contributed by atoms with van der Waals surface area (Å²) in [4.78, 5) is 12.8. The lowest BCUT2D eigenvalue weighted by atomic mass is 10.1. The maximum absolute atomic E-state index is 13.7. The molecular formula is C27H28N4O3S. The Kier molecular flexibility index (Phi) is 7.62. The van der Waals surface area contributed by atoms with E-state index >= 15 is 0 Å². The van der Waals surface area contributed by atoms with Crippen molar-refractivity contribution in [2.45, 2.75) is 31.2 Å². The maximum Gasteiger partial charge on any atom is 0.264 e. The molecule has 180 valence electrons. The van der Waals surface area contributed by atoms with E-state index in [1.807, 2.05) is 43.3 Å². The molecular weight excluding hydrogens is 460 g/mol. The molecule has 0 aliphatic rings. The highest BCUT2D eigenvalue weighted by atomic mass is 32.2. The van der Waals surface area contributed by atoms with Crippen LogP contribution < -0.4 is 9.62 Å². The van der Waals surface area contributed by atoms with Gasteiger partial charge in [-0.25, -0.2) is 8.42 Å². The highest BCUT2D eigenvalue weighted by Crippen LogP contribution is 2.26. The van der Waals surface area contributed by atoms with Gasteiger partial charge in [-0.1, -0.05) is 54.6 Å². The Hall–Kier alpha value is -3.91. The molecule has 0 saturated carbocycles. The first-order chi connectivity index (χ1) is 16.9. The second-order valence-corrected chi connectivity index (χ2v) is 10.1. The Morgan fingerprint density at radius 2 is 1.69 bits per heavy atom. The van der Waals surface area contributed by atoms with Crippen LogP contribution in [-0.2, 0) is 23.0 Å². The third kappa shape index (κ3) is 5.96. The third-order valence-electron chi connectivity index (χ3n) is 5.74. The highest BCUT2D eigenvalue weighted by Gasteiger charge is 2.26. The Bertz CT molecular complexity index is 1370. The molecule has 3 aromatic carbocycles. The van der Waals surface area contributed by atoms with Crippen LogP contribution in [0.15, 0.2) is 96.0 Å². The number of nitrogens with one attached hydrogen (secondary N) is 2. The number of aryl methyl sites for hydroxylation is 2. The van der Waals surface area contributed by atoms with Crippen LogP contribution in [0.5, 0.6) is 0 Å². The van der Waals surface area contributed by atoms with Crippen molar-refractivity contribution in [3.63, 3.8) is 0 Å². The number of anilines is 1. The zero-order valence-electron chi connectivity index (χ0n) is 19.5. The number of sulfonamides is 1. The van der Waals surface area contributed by atoms with Crippen LogP contribution in [0.2, 0.25) is 0 Å². The fourth-order valence-electron chi connectivity index (χ4n) is 3.79. The Balaban J connectivity index is 1.51. The number of aromatic nitrogens is 2. The first kappa shape index (κ1) is 24.2. The number of rotatable bonds is 10. The summed E-state index contributed by atoms with van der Waals surface area (Å²) >= 11 is 0. The number of aromatic amines is 1. The standard InChI is InChI=1S/C27H28N4O3S/c1-21-24(19-29-30-21)13-9-17-28-27(32)23-12-8-16-26(18-23)35(33,34)31(25-14-6-3-7-15-25)20-22-10-4-2-5-11-22/h2-8,10-12,14-16,18-19H,9,13,17,20H2,1H3,(H,28,32)(H,29,30). The van der Waals surface area contributed by atoms with Gasteiger partial charge in [0.05, 0.1) is 23.3 Å². The summed E-state index contributed by atoms with van der Waals surface area (Å²) in [7, 11) is -3.92. The van der Waals surface area contributed by atoms with Crippen molar-refractivity contribution < 1.29 is 13.2 Å². The lowest BCUT2D eigenvalue weighted by Crippen LogP contribution is -2.31. The van der Waals surface area contributed by atoms with E-state index in [9.17, 15) is 13.2 Å². The van der Waals surface area contributed by atoms with Gasteiger partial charge in [0.2, 0.25) is 0 Å². The molecule has 0 saturated heterocycles. The minimum Gasteiger partial charge on any atom is -0.352 e. The Morgan fingerprint density at radius 3 is 2.37 bits per heavy atom. The van der Waals surface area contributed by atoms with Gasteiger partial charge in [0.25, 0.3) is 15.9 Å². The second kappa shape index (κ2) is 11.0. The van der Waals surface area contributed by atoms with Gasteiger partial charge >= 0.3 is 0 Å². The van der Waals surface area contributed by atoms with Gasteiger partial charge in [0, 0.05) is 17.8 Å². The van der Waals surface area contributed by atoms with Crippen molar-refractivity contribution in [1.29, 1.82) is 0 Å². The molecule has 0 aliphatic carbocycles. The topological polar surface area (TPSA) is 95.2 Å². The average molecular weight is 489 g/mol. The lowest BCUT2D eigenvalue weighted by Gasteiger charge is -2.25. The molecule has 0 atom stereocenters. The lowest BCUT2D eigenvalue weighted by molar-refractivity contribution is 0.0953. The van der Waals surface area contributed by atoms with Gasteiger partial charge in [0.1, 0.15) is 0 Å². The SMILES string of the molecule is Cc1[nH]ncc1CCCNC(=O)c1cccc(S(=O)(=O)N(Cc2ccccc2)c2ccccc2)c1. The predicted octanol–water partition coefficient (Wildman–Crippen LogP) is 4.48. The van der Waals surface area contributed by atoms with Crippen molar-refractivity contribution in [3.05, 3.63) is 114 Å². The van der Waals surface area contributed by atoms with E-state index < -0.39 is 10.0 Å². The number of para-hydroxylation sites is 1. The number of amides is 1. The van der Waals surface area contributed by atoms with Crippen LogP contribution in [0.4, 0.5) is 5.69 Å². The first-order valence-electron chi connectivity index (χ1n) is 11.4. The molecule has 8 heteroatoms. The molecule has 4 rings (SSSR count). The number of H-pyrrole nitrogens is 1. The van der Waals surface area contributed by atoms with E-state index in [2.05, 4.69) is 15.5 Å². The minimum atomic E-state index is -3.92. The van der Waals surface area contributed by atoms with E-state index in [1.54, 1.807) is 42.6 Å². The maximum atomic E-state index is 13.7. The van der Waals surface area contributed by atoms with E-state index in [-0.39, 0.29) is 17.3 Å². The highest BCUT2D eigenvalue weighted by molar-refractivity contribution is 7.92. The predicted molar refractivity (Wildman–Crippen MR) is 137 cm³/mol. The molecule has 0 unspecified atom stereocenters. The largest absolute Gasteiger partial charge is 0.352 e. The molecule has 0 radical (unpaired) electrons. The number of carbonyl (C=O) groups is 1. The van der Waals surface area contributed by atoms with Crippen molar-refractivity contribution >= 4 is 21.6 Å². The molecule has 2 N–H and O–H groups in total. The average Bonchev–Trinajstić information content (AvgIpc) is 3.30. The fraction of sp³-hybridized carbons (Fsp3) is 0.185. The molecule has 1 aromatic heterocycles. The van der Waals surface area contributed by atoms with E-state index in [0.29, 0.717) is 17.8 Å². The molecule has 1 heterocycles. The molecule has 0 aliphatic heterocycles. The van der Waals surface area contributed by atoms with Gasteiger partial charge < -0.3 is 5.32 Å². The van der Waals surface area contributed by atoms with E-state index in [0.717, 1.165) is 29.7 Å². The van der Waals surface area contributed by atoms with E-state index in [1.165, 1.54) is 16.4 Å². The van der Waals surface area contributed by atoms with Crippen LogP contribution in [0, 0.1) is 6.92 Å². The van der Waals surface area contributed by atoms with Gasteiger partial charge in [-0.3, -0.25) is 14.2 Å². The van der Waals surface area contributed by atoms with Crippen LogP contribution in [-0.4, -0.2) is 31.1 Å². The number of hydrogen-bond donors (Lipinski definition) is 2. The summed E-state index contributed by atoms with van der Waals surface area (Å²) in [6, 6.07) is 24.6. The molecule has 1 amide bonds. The third-order valence-corrected chi connectivity index (χ3v) is 7.51. The number of nitrogens with zero attached hydrogens (tertiary/aromatic N) is 2. The van der Waals surface area contributed by atoms with Crippen molar-refractivity contribution in [2.75, 3.05) is 10.8 Å². The first-order valence-corrected chi connectivity index (χ1v) is 12.9. The zero-order chi connectivity index (χ0) is 24.7. The number of carbonyl (C=O) groups excluding carboxylic acids is 1. The Labute approximate surface area is 205 Å². The summed E-state index contributed by atoms with van der Waals surface area (Å²) in [5.41, 5.74) is 3.86. The monoisotopic (exact) mass is 488 g/mol. The normalized spacial score (nSPS) is 11.2. The fourth-order valence-corrected chi connectivity index (χ4v) is 5.29. The molecule has 7 nitrogen and oxygen atoms in total. The second-order valence-electron chi connectivity index (χ2n) is 8.24. The van der Waals surface area contributed by atoms with Crippen LogP contribution in [0.25, 0.3) is 0 Å². The molecule has 0 spiro atoms. The molecule has 35 heavy (non-hydrogen) atoms. The van der Waals surface area contributed by atoms with Crippen molar-refractivity contribution in [3.8, 4) is 0 Å². The van der Waals surface area contributed by atoms with Gasteiger partial charge in [0.15, 0.2) is 0 Å². The van der Waals surface area contributed by atoms with Gasteiger partial charge in [-0.15, -0.1) is 0 Å². The molecule has 0 bridgehead atoms.